The van der Waals surface area contributed by atoms with Crippen molar-refractivity contribution in [1.29, 1.82) is 0 Å². The predicted octanol–water partition coefficient (Wildman–Crippen LogP) is 1.78. The summed E-state index contributed by atoms with van der Waals surface area (Å²) >= 11 is 3.23. The minimum atomic E-state index is 0.0280. The molecule has 1 aromatic rings. The summed E-state index contributed by atoms with van der Waals surface area (Å²) in [6, 6.07) is 3.74. The minimum Gasteiger partial charge on any atom is -0.453 e. The molecule has 0 bridgehead atoms. The number of hydrogen-bond donors (Lipinski definition) is 1. The Morgan fingerprint density at radius 3 is 2.73 bits per heavy atom. The highest BCUT2D eigenvalue weighted by molar-refractivity contribution is 9.10. The van der Waals surface area contributed by atoms with Crippen LogP contribution in [0.5, 0.6) is 0 Å². The molecule has 1 heterocycles. The smallest absolute Gasteiger partial charge is 0.236 e. The van der Waals surface area contributed by atoms with E-state index in [9.17, 15) is 4.79 Å². The monoisotopic (exact) mass is 274 g/mol. The molecule has 1 unspecified atom stereocenters. The van der Waals surface area contributed by atoms with E-state index >= 15 is 0 Å². The topological polar surface area (TPSA) is 45.5 Å². The molecule has 0 radical (unpaired) electrons. The van der Waals surface area contributed by atoms with Gasteiger partial charge in [-0.3, -0.25) is 10.1 Å². The second kappa shape index (κ2) is 5.32. The Kier molecular flexibility index (Phi) is 4.35. The molecule has 84 valence electrons. The number of hydrogen-bond acceptors (Lipinski definition) is 3. The molecular weight excluding hydrogens is 260 g/mol. The van der Waals surface area contributed by atoms with Crippen LogP contribution in [0.1, 0.15) is 18.7 Å². The molecule has 15 heavy (non-hydrogen) atoms. The van der Waals surface area contributed by atoms with Crippen molar-refractivity contribution in [3.05, 3.63) is 22.6 Å². The lowest BCUT2D eigenvalue weighted by molar-refractivity contribution is -0.127. The van der Waals surface area contributed by atoms with Gasteiger partial charge in [0.2, 0.25) is 5.91 Å². The first kappa shape index (κ1) is 12.3. The molecule has 0 aromatic carbocycles. The zero-order chi connectivity index (χ0) is 11.4. The third-order valence-electron chi connectivity index (χ3n) is 2.08. The van der Waals surface area contributed by atoms with Gasteiger partial charge in [-0.15, -0.1) is 0 Å². The van der Waals surface area contributed by atoms with Crippen molar-refractivity contribution in [1.82, 2.24) is 10.2 Å². The Hall–Kier alpha value is -0.810. The van der Waals surface area contributed by atoms with Gasteiger partial charge in [-0.2, -0.15) is 0 Å². The number of carbonyl (C=O) groups is 1. The fraction of sp³-hybridized carbons (Fsp3) is 0.500. The van der Waals surface area contributed by atoms with E-state index in [4.69, 9.17) is 4.42 Å². The summed E-state index contributed by atoms with van der Waals surface area (Å²) in [5, 5.41) is 3.09. The highest BCUT2D eigenvalue weighted by Crippen LogP contribution is 2.19. The lowest BCUT2D eigenvalue weighted by atomic mass is 10.2. The molecule has 4 nitrogen and oxygen atoms in total. The van der Waals surface area contributed by atoms with Gasteiger partial charge in [0.15, 0.2) is 4.67 Å². The third kappa shape index (κ3) is 3.68. The Bertz CT molecular complexity index is 336. The van der Waals surface area contributed by atoms with E-state index in [2.05, 4.69) is 21.2 Å². The van der Waals surface area contributed by atoms with Crippen LogP contribution in [0.4, 0.5) is 0 Å². The van der Waals surface area contributed by atoms with Gasteiger partial charge in [0.25, 0.3) is 0 Å². The fourth-order valence-corrected chi connectivity index (χ4v) is 1.38. The van der Waals surface area contributed by atoms with Gasteiger partial charge in [-0.25, -0.2) is 0 Å². The largest absolute Gasteiger partial charge is 0.453 e. The number of likely N-dealkylation sites (N-methyl/N-ethyl adjacent to an activating group) is 1. The van der Waals surface area contributed by atoms with Crippen molar-refractivity contribution in [3.8, 4) is 0 Å². The predicted molar refractivity (Wildman–Crippen MR) is 61.5 cm³/mol. The lowest BCUT2D eigenvalue weighted by Gasteiger charge is -2.14. The maximum atomic E-state index is 11.3. The normalized spacial score (nSPS) is 12.5. The molecular formula is C10H15BrN2O2. The van der Waals surface area contributed by atoms with Gasteiger partial charge < -0.3 is 9.32 Å². The van der Waals surface area contributed by atoms with Gasteiger partial charge in [-0.05, 0) is 35.0 Å². The highest BCUT2D eigenvalue weighted by atomic mass is 79.9. The van der Waals surface area contributed by atoms with Gasteiger partial charge in [0.1, 0.15) is 5.76 Å². The van der Waals surface area contributed by atoms with Crippen molar-refractivity contribution in [2.75, 3.05) is 20.6 Å². The minimum absolute atomic E-state index is 0.0280. The van der Waals surface area contributed by atoms with Crippen LogP contribution in [0.2, 0.25) is 0 Å². The summed E-state index contributed by atoms with van der Waals surface area (Å²) in [4.78, 5) is 12.9. The zero-order valence-electron chi connectivity index (χ0n) is 9.08. The van der Waals surface area contributed by atoms with E-state index < -0.39 is 0 Å². The molecule has 0 aliphatic rings. The van der Waals surface area contributed by atoms with E-state index in [0.717, 1.165) is 5.76 Å². The van der Waals surface area contributed by atoms with E-state index in [1.807, 2.05) is 19.1 Å². The molecule has 5 heteroatoms. The summed E-state index contributed by atoms with van der Waals surface area (Å²) in [7, 11) is 3.47. The number of halogens is 1. The van der Waals surface area contributed by atoms with Crippen LogP contribution in [0.3, 0.4) is 0 Å². The number of nitrogens with zero attached hydrogens (tertiary/aromatic N) is 1. The van der Waals surface area contributed by atoms with Gasteiger partial charge in [0, 0.05) is 14.1 Å². The molecule has 0 aliphatic heterocycles. The first-order valence-corrected chi connectivity index (χ1v) is 5.48. The summed E-state index contributed by atoms with van der Waals surface area (Å²) < 4.78 is 6.07. The number of furan rings is 1. The second-order valence-corrected chi connectivity index (χ2v) is 4.31. The molecule has 0 fully saturated rings. The fourth-order valence-electron chi connectivity index (χ4n) is 1.06. The maximum absolute atomic E-state index is 11.3. The first-order valence-electron chi connectivity index (χ1n) is 4.69. The molecule has 1 amide bonds. The SMILES string of the molecule is CC(NCC(=O)N(C)C)c1ccc(Br)o1. The molecule has 1 atom stereocenters. The van der Waals surface area contributed by atoms with E-state index in [1.54, 1.807) is 19.0 Å². The van der Waals surface area contributed by atoms with E-state index in [-0.39, 0.29) is 11.9 Å². The average molecular weight is 275 g/mol. The van der Waals surface area contributed by atoms with Crippen LogP contribution in [0, 0.1) is 0 Å². The standard InChI is InChI=1S/C10H15BrN2O2/c1-7(8-4-5-9(11)15-8)12-6-10(14)13(2)3/h4-5,7,12H,6H2,1-3H3. The Morgan fingerprint density at radius 1 is 1.60 bits per heavy atom. The summed E-state index contributed by atoms with van der Waals surface area (Å²) in [5.41, 5.74) is 0. The van der Waals surface area contributed by atoms with Gasteiger partial charge >= 0.3 is 0 Å². The zero-order valence-corrected chi connectivity index (χ0v) is 10.7. The van der Waals surface area contributed by atoms with Crippen LogP contribution >= 0.6 is 15.9 Å². The first-order chi connectivity index (χ1) is 7.00. The molecule has 0 saturated heterocycles. The van der Waals surface area contributed by atoms with Crippen molar-refractivity contribution < 1.29 is 9.21 Å². The van der Waals surface area contributed by atoms with Crippen molar-refractivity contribution in [3.63, 3.8) is 0 Å². The van der Waals surface area contributed by atoms with Crippen LogP contribution in [-0.2, 0) is 4.79 Å². The average Bonchev–Trinajstić information content (AvgIpc) is 2.60. The van der Waals surface area contributed by atoms with E-state index in [1.165, 1.54) is 0 Å². The van der Waals surface area contributed by atoms with Gasteiger partial charge in [-0.1, -0.05) is 0 Å². The number of amides is 1. The number of carbonyl (C=O) groups excluding carboxylic acids is 1. The van der Waals surface area contributed by atoms with Crippen molar-refractivity contribution >= 4 is 21.8 Å². The second-order valence-electron chi connectivity index (χ2n) is 3.53. The molecule has 1 rings (SSSR count). The molecule has 1 N–H and O–H groups in total. The van der Waals surface area contributed by atoms with Crippen LogP contribution < -0.4 is 5.32 Å². The van der Waals surface area contributed by atoms with Gasteiger partial charge in [0.05, 0.1) is 12.6 Å². The summed E-state index contributed by atoms with van der Waals surface area (Å²) in [5.74, 6) is 0.862. The Labute approximate surface area is 97.8 Å². The number of nitrogens with one attached hydrogen (secondary N) is 1. The highest BCUT2D eigenvalue weighted by Gasteiger charge is 2.11. The Morgan fingerprint density at radius 2 is 2.27 bits per heavy atom. The van der Waals surface area contributed by atoms with Crippen LogP contribution in [-0.4, -0.2) is 31.4 Å². The van der Waals surface area contributed by atoms with Crippen molar-refractivity contribution in [2.45, 2.75) is 13.0 Å². The van der Waals surface area contributed by atoms with Crippen LogP contribution in [0.15, 0.2) is 21.2 Å². The van der Waals surface area contributed by atoms with E-state index in [0.29, 0.717) is 11.2 Å². The molecule has 0 spiro atoms. The quantitative estimate of drug-likeness (QED) is 0.911. The van der Waals surface area contributed by atoms with Crippen molar-refractivity contribution in [2.24, 2.45) is 0 Å². The molecule has 1 aromatic heterocycles. The van der Waals surface area contributed by atoms with Crippen LogP contribution in [0.25, 0.3) is 0 Å². The molecule has 0 aliphatic carbocycles. The third-order valence-corrected chi connectivity index (χ3v) is 2.51. The summed E-state index contributed by atoms with van der Waals surface area (Å²) in [6.07, 6.45) is 0. The lowest BCUT2D eigenvalue weighted by Crippen LogP contribution is -2.34. The summed E-state index contributed by atoms with van der Waals surface area (Å²) in [6.45, 7) is 2.26. The molecule has 0 saturated carbocycles. The maximum Gasteiger partial charge on any atom is 0.236 e. The number of rotatable bonds is 4. The Balaban J connectivity index is 2.43.